The number of fused-ring (bicyclic) bond motifs is 2. The molecule has 2 aliphatic carbocycles. The average Bonchev–Trinajstić information content (AvgIpc) is 4.27. The first-order valence-electron chi connectivity index (χ1n) is 27.6. The number of anilines is 2. The lowest BCUT2D eigenvalue weighted by atomic mass is 9.85. The summed E-state index contributed by atoms with van der Waals surface area (Å²) in [5.74, 6) is -5.09. The number of aromatic nitrogens is 6. The number of pyridine rings is 1. The summed E-state index contributed by atoms with van der Waals surface area (Å²) < 4.78 is 30.9. The Labute approximate surface area is 467 Å². The number of β-amino-alcohol motifs (C(OH)–C–C–N with tert-alkyl or cyclic N) is 1. The number of alkyl halides is 2. The number of aromatic amines is 1. The highest BCUT2D eigenvalue weighted by atomic mass is 32.1. The summed E-state index contributed by atoms with van der Waals surface area (Å²) in [5, 5.41) is 31.3. The van der Waals surface area contributed by atoms with Crippen molar-refractivity contribution < 1.29 is 37.9 Å². The molecule has 4 fully saturated rings. The van der Waals surface area contributed by atoms with Crippen molar-refractivity contribution in [2.45, 2.75) is 116 Å². The number of hydrogen-bond donors (Lipinski definition) is 5. The molecular formula is C59H68F2N12O6S. The van der Waals surface area contributed by atoms with Crippen molar-refractivity contribution in [3.63, 3.8) is 0 Å². The van der Waals surface area contributed by atoms with Crippen LogP contribution < -0.4 is 20.9 Å². The van der Waals surface area contributed by atoms with Crippen molar-refractivity contribution in [1.82, 2.24) is 50.4 Å². The zero-order valence-electron chi connectivity index (χ0n) is 45.8. The van der Waals surface area contributed by atoms with E-state index in [1.807, 2.05) is 110 Å². The summed E-state index contributed by atoms with van der Waals surface area (Å²) in [4.78, 5) is 84.6. The van der Waals surface area contributed by atoms with Gasteiger partial charge in [-0.2, -0.15) is 10.2 Å². The van der Waals surface area contributed by atoms with Gasteiger partial charge in [-0.25, -0.2) is 18.7 Å². The number of halogens is 2. The summed E-state index contributed by atoms with van der Waals surface area (Å²) in [6.45, 7) is 13.4. The number of aliphatic hydroxyl groups is 1. The lowest BCUT2D eigenvalue weighted by Crippen LogP contribution is -2.58. The number of hydrogen-bond acceptors (Lipinski definition) is 12. The van der Waals surface area contributed by atoms with E-state index in [0.717, 1.165) is 45.8 Å². The summed E-state index contributed by atoms with van der Waals surface area (Å²) in [6, 6.07) is 18.8. The predicted molar refractivity (Wildman–Crippen MR) is 297 cm³/mol. The number of nitrogens with one attached hydrogen (secondary N) is 4. The van der Waals surface area contributed by atoms with Gasteiger partial charge in [0.1, 0.15) is 17.8 Å². The number of carbonyl (C=O) groups is 5. The van der Waals surface area contributed by atoms with Gasteiger partial charge in [0.25, 0.3) is 17.7 Å². The number of aryl methyl sites for hydroxylation is 1. The third-order valence-electron chi connectivity index (χ3n) is 17.5. The van der Waals surface area contributed by atoms with Crippen molar-refractivity contribution in [2.24, 2.45) is 28.6 Å². The number of piperidine rings is 1. The molecule has 3 saturated heterocycles. The summed E-state index contributed by atoms with van der Waals surface area (Å²) in [7, 11) is 0. The molecule has 5 N–H and O–H groups in total. The van der Waals surface area contributed by atoms with Crippen LogP contribution in [0, 0.1) is 35.5 Å². The van der Waals surface area contributed by atoms with Crippen LogP contribution in [-0.2, 0) is 27.2 Å². The van der Waals surface area contributed by atoms with E-state index in [1.54, 1.807) is 42.9 Å². The van der Waals surface area contributed by atoms with Crippen LogP contribution in [0.15, 0.2) is 90.8 Å². The number of likely N-dealkylation sites (tertiary alicyclic amines) is 2. The topological polar surface area (TPSA) is 224 Å². The van der Waals surface area contributed by atoms with Crippen LogP contribution in [0.5, 0.6) is 0 Å². The van der Waals surface area contributed by atoms with E-state index in [0.29, 0.717) is 49.5 Å². The quantitative estimate of drug-likeness (QED) is 0.0682. The Hall–Kier alpha value is -7.39. The van der Waals surface area contributed by atoms with Crippen molar-refractivity contribution in [2.75, 3.05) is 42.9 Å². The Morgan fingerprint density at radius 2 is 1.65 bits per heavy atom. The van der Waals surface area contributed by atoms with Crippen molar-refractivity contribution >= 4 is 52.2 Å². The number of aliphatic hydroxyl groups excluding tert-OH is 1. The Morgan fingerprint density at radius 1 is 0.912 bits per heavy atom. The summed E-state index contributed by atoms with van der Waals surface area (Å²) in [6.07, 6.45) is 6.41. The minimum atomic E-state index is -2.77. The molecule has 21 heteroatoms. The van der Waals surface area contributed by atoms with E-state index < -0.39 is 58.6 Å². The predicted octanol–water partition coefficient (Wildman–Crippen LogP) is 7.39. The third-order valence-corrected chi connectivity index (χ3v) is 18.4. The largest absolute Gasteiger partial charge is 0.391 e. The zero-order chi connectivity index (χ0) is 56.4. The Bertz CT molecular complexity index is 3290. The molecule has 0 bridgehead atoms. The Kier molecular flexibility index (Phi) is 14.5. The molecule has 420 valence electrons. The van der Waals surface area contributed by atoms with Crippen LogP contribution in [0.1, 0.15) is 121 Å². The lowest BCUT2D eigenvalue weighted by molar-refractivity contribution is -0.142. The highest BCUT2D eigenvalue weighted by molar-refractivity contribution is 7.13. The standard InChI is InChI=1S/C59H68F2N12O6S/c1-33(36-12-14-38(15-13-36)51-34(2)63-32-80-51)65-54(77)46-23-42(74)31-72(46)56(79)52(57(3,4)5)67-53(76)44-17-16-41(27-62-44)70-20-18-35(19-21-70)22-48(75)71-28-39(29-71)50(37-10-8-7-9-11-37)73-30-40(26-64-73)66-55(78)49-43-24-47-58(6,59(47,60)61)25-45(43)68-69-49/h7-17,26-27,30,32-33,35,39,42,46-47,50,52,74H,18-25,28-29,31H2,1-6H3,(H,65,77)(H,66,78)(H,67,76)(H,68,69)/t33-,42+,46-,47-,50+,52?,58+/m0/s1. The first-order chi connectivity index (χ1) is 38.2. The van der Waals surface area contributed by atoms with Gasteiger partial charge in [0.15, 0.2) is 5.69 Å². The van der Waals surface area contributed by atoms with Gasteiger partial charge in [0.05, 0.1) is 58.0 Å². The maximum atomic E-state index is 14.6. The number of amides is 5. The maximum absolute atomic E-state index is 14.6. The minimum Gasteiger partial charge on any atom is -0.391 e. The number of rotatable bonds is 15. The van der Waals surface area contributed by atoms with E-state index in [9.17, 15) is 37.9 Å². The zero-order valence-corrected chi connectivity index (χ0v) is 46.6. The van der Waals surface area contributed by atoms with E-state index in [-0.39, 0.29) is 72.9 Å². The monoisotopic (exact) mass is 1110 g/mol. The van der Waals surface area contributed by atoms with Crippen LogP contribution in [0.2, 0.25) is 0 Å². The van der Waals surface area contributed by atoms with Gasteiger partial charge < -0.3 is 35.8 Å². The molecule has 1 saturated carbocycles. The van der Waals surface area contributed by atoms with Gasteiger partial charge >= 0.3 is 0 Å². The number of thiazole rings is 1. The minimum absolute atomic E-state index is 0.0455. The van der Waals surface area contributed by atoms with Crippen LogP contribution in [-0.4, -0.2) is 131 Å². The molecule has 6 aromatic rings. The van der Waals surface area contributed by atoms with Crippen LogP contribution >= 0.6 is 11.3 Å². The Morgan fingerprint density at radius 3 is 2.33 bits per heavy atom. The van der Waals surface area contributed by atoms with Crippen molar-refractivity contribution in [3.05, 3.63) is 130 Å². The van der Waals surface area contributed by atoms with Crippen LogP contribution in [0.3, 0.4) is 0 Å². The van der Waals surface area contributed by atoms with Crippen molar-refractivity contribution in [3.8, 4) is 10.4 Å². The van der Waals surface area contributed by atoms with Crippen LogP contribution in [0.4, 0.5) is 20.2 Å². The van der Waals surface area contributed by atoms with Gasteiger partial charge in [-0.3, -0.25) is 33.8 Å². The molecule has 2 aromatic carbocycles. The number of benzene rings is 2. The molecule has 7 heterocycles. The molecule has 11 rings (SSSR count). The lowest BCUT2D eigenvalue weighted by Gasteiger charge is -2.44. The molecule has 0 spiro atoms. The second-order valence-corrected chi connectivity index (χ2v) is 24.8. The van der Waals surface area contributed by atoms with Crippen molar-refractivity contribution in [1.29, 1.82) is 0 Å². The second kappa shape index (κ2) is 21.3. The van der Waals surface area contributed by atoms with E-state index in [4.69, 9.17) is 0 Å². The number of H-pyrrole nitrogens is 1. The first-order valence-corrected chi connectivity index (χ1v) is 28.5. The molecule has 5 aliphatic rings. The molecule has 0 radical (unpaired) electrons. The SMILES string of the molecule is Cc1ncsc1-c1ccc([C@H](C)NC(=O)[C@@H]2C[C@@H](O)CN2C(=O)C(NC(=O)c2ccc(N3CCC(CC(=O)N4CC([C@@H](c5ccccc5)n5cc(NC(=O)c6n[nH]c7c6C[C@@H]6C(F)(F)[C@]6(C)C7)cn5)C4)CC3)cn2)C(C)(C)C)cc1. The highest BCUT2D eigenvalue weighted by Gasteiger charge is 2.78. The van der Waals surface area contributed by atoms with Gasteiger partial charge in [0.2, 0.25) is 17.7 Å². The average molecular weight is 1110 g/mol. The highest BCUT2D eigenvalue weighted by Crippen LogP contribution is 2.70. The number of nitrogens with zero attached hydrogens (tertiary/aromatic N) is 8. The van der Waals surface area contributed by atoms with E-state index in [1.165, 1.54) is 4.90 Å². The molecule has 3 aliphatic heterocycles. The molecule has 5 amide bonds. The first kappa shape index (κ1) is 54.6. The van der Waals surface area contributed by atoms with E-state index >= 15 is 0 Å². The second-order valence-electron chi connectivity index (χ2n) is 23.9. The molecule has 4 aromatic heterocycles. The molecule has 18 nitrogen and oxygen atoms in total. The smallest absolute Gasteiger partial charge is 0.276 e. The fourth-order valence-corrected chi connectivity index (χ4v) is 13.3. The molecule has 80 heavy (non-hydrogen) atoms. The third kappa shape index (κ3) is 10.5. The molecular weight excluding hydrogens is 1040 g/mol. The van der Waals surface area contributed by atoms with Gasteiger partial charge in [-0.15, -0.1) is 11.3 Å². The van der Waals surface area contributed by atoms with Gasteiger partial charge in [-0.1, -0.05) is 82.3 Å². The molecule has 1 unspecified atom stereocenters. The van der Waals surface area contributed by atoms with Gasteiger partial charge in [0, 0.05) is 86.7 Å². The molecule has 7 atom stereocenters. The van der Waals surface area contributed by atoms with Gasteiger partial charge in [-0.05, 0) is 73.3 Å². The summed E-state index contributed by atoms with van der Waals surface area (Å²) >= 11 is 1.57. The normalized spacial score (nSPS) is 22.8. The van der Waals surface area contributed by atoms with E-state index in [2.05, 4.69) is 46.1 Å². The maximum Gasteiger partial charge on any atom is 0.276 e. The number of carbonyl (C=O) groups excluding carboxylic acids is 5. The van der Waals surface area contributed by atoms with Crippen LogP contribution in [0.25, 0.3) is 10.4 Å². The fraction of sp³-hybridized carbons (Fsp3) is 0.475. The Balaban J connectivity index is 0.652. The fourth-order valence-electron chi connectivity index (χ4n) is 12.4. The summed E-state index contributed by atoms with van der Waals surface area (Å²) in [5.41, 5.74) is 6.52.